The zero-order valence-electron chi connectivity index (χ0n) is 8.71. The minimum Gasteiger partial charge on any atom is -0.395 e. The Morgan fingerprint density at radius 2 is 2.15 bits per heavy atom. The van der Waals surface area contributed by atoms with E-state index in [1.165, 1.54) is 4.90 Å². The number of carbonyl (C=O) groups excluding carboxylic acids is 1. The zero-order chi connectivity index (χ0) is 10.5. The van der Waals surface area contributed by atoms with Gasteiger partial charge in [-0.15, -0.1) is 0 Å². The van der Waals surface area contributed by atoms with Crippen LogP contribution in [-0.4, -0.2) is 41.7 Å². The van der Waals surface area contributed by atoms with Gasteiger partial charge in [0.2, 0.25) is 5.91 Å². The van der Waals surface area contributed by atoms with Gasteiger partial charge in [-0.05, 0) is 13.3 Å². The molecule has 3 N–H and O–H groups in total. The maximum atomic E-state index is 11.6. The summed E-state index contributed by atoms with van der Waals surface area (Å²) < 4.78 is 0. The van der Waals surface area contributed by atoms with Crippen LogP contribution in [0.4, 0.5) is 0 Å². The molecule has 0 radical (unpaired) electrons. The summed E-state index contributed by atoms with van der Waals surface area (Å²) in [6.07, 6.45) is 1.55. The first kappa shape index (κ1) is 12.4. The molecule has 4 heteroatoms. The smallest absolute Gasteiger partial charge is 0.242 e. The number of nitrogens with zero attached hydrogens (tertiary/aromatic N) is 1. The van der Waals surface area contributed by atoms with Crippen molar-refractivity contribution < 1.29 is 9.90 Å². The molecular formula is C9H20N2O2. The normalized spacial score (nSPS) is 15.2. The van der Waals surface area contributed by atoms with Gasteiger partial charge in [-0.25, -0.2) is 0 Å². The second kappa shape index (κ2) is 5.19. The number of carbonyl (C=O) groups is 1. The minimum atomic E-state index is -0.793. The SMILES string of the molecule is CCCC(C)(N)C(=O)N(C)CCO. The van der Waals surface area contributed by atoms with E-state index in [1.807, 2.05) is 6.92 Å². The van der Waals surface area contributed by atoms with E-state index in [0.717, 1.165) is 6.42 Å². The van der Waals surface area contributed by atoms with Crippen LogP contribution in [0.5, 0.6) is 0 Å². The van der Waals surface area contributed by atoms with Gasteiger partial charge in [-0.1, -0.05) is 13.3 Å². The Labute approximate surface area is 79.7 Å². The number of aliphatic hydroxyl groups excluding tert-OH is 1. The van der Waals surface area contributed by atoms with E-state index in [0.29, 0.717) is 13.0 Å². The predicted molar refractivity (Wildman–Crippen MR) is 52.2 cm³/mol. The molecule has 0 aliphatic heterocycles. The van der Waals surface area contributed by atoms with E-state index in [-0.39, 0.29) is 12.5 Å². The summed E-state index contributed by atoms with van der Waals surface area (Å²) >= 11 is 0. The largest absolute Gasteiger partial charge is 0.395 e. The number of hydrogen-bond donors (Lipinski definition) is 2. The summed E-state index contributed by atoms with van der Waals surface area (Å²) in [7, 11) is 1.65. The Balaban J connectivity index is 4.21. The van der Waals surface area contributed by atoms with Crippen molar-refractivity contribution in [2.24, 2.45) is 5.73 Å². The quantitative estimate of drug-likeness (QED) is 0.636. The van der Waals surface area contributed by atoms with Crippen LogP contribution in [-0.2, 0) is 4.79 Å². The van der Waals surface area contributed by atoms with Gasteiger partial charge in [0.1, 0.15) is 0 Å². The first-order valence-electron chi connectivity index (χ1n) is 4.61. The van der Waals surface area contributed by atoms with Crippen LogP contribution < -0.4 is 5.73 Å². The molecule has 0 saturated heterocycles. The van der Waals surface area contributed by atoms with Gasteiger partial charge >= 0.3 is 0 Å². The van der Waals surface area contributed by atoms with Crippen LogP contribution in [0.15, 0.2) is 0 Å². The highest BCUT2D eigenvalue weighted by molar-refractivity contribution is 5.85. The minimum absolute atomic E-state index is 0.0234. The van der Waals surface area contributed by atoms with Crippen molar-refractivity contribution in [1.29, 1.82) is 0 Å². The second-order valence-electron chi connectivity index (χ2n) is 3.62. The monoisotopic (exact) mass is 188 g/mol. The van der Waals surface area contributed by atoms with Crippen molar-refractivity contribution in [1.82, 2.24) is 4.90 Å². The highest BCUT2D eigenvalue weighted by atomic mass is 16.3. The van der Waals surface area contributed by atoms with Crippen molar-refractivity contribution in [3.05, 3.63) is 0 Å². The lowest BCUT2D eigenvalue weighted by molar-refractivity contribution is -0.135. The molecule has 1 amide bonds. The highest BCUT2D eigenvalue weighted by Crippen LogP contribution is 2.11. The molecule has 78 valence electrons. The van der Waals surface area contributed by atoms with E-state index in [9.17, 15) is 4.79 Å². The van der Waals surface area contributed by atoms with Gasteiger partial charge in [0, 0.05) is 13.6 Å². The fourth-order valence-electron chi connectivity index (χ4n) is 1.31. The summed E-state index contributed by atoms with van der Waals surface area (Å²) in [6.45, 7) is 4.04. The molecule has 0 fully saturated rings. The van der Waals surface area contributed by atoms with Crippen molar-refractivity contribution in [3.63, 3.8) is 0 Å². The maximum absolute atomic E-state index is 11.6. The number of aliphatic hydroxyl groups is 1. The molecule has 0 aromatic rings. The Hall–Kier alpha value is -0.610. The molecule has 0 heterocycles. The van der Waals surface area contributed by atoms with Crippen LogP contribution in [0.25, 0.3) is 0 Å². The van der Waals surface area contributed by atoms with Gasteiger partial charge in [0.25, 0.3) is 0 Å². The van der Waals surface area contributed by atoms with Crippen molar-refractivity contribution >= 4 is 5.91 Å². The molecule has 0 spiro atoms. The molecule has 4 nitrogen and oxygen atoms in total. The average molecular weight is 188 g/mol. The predicted octanol–water partition coefficient (Wildman–Crippen LogP) is -0.0454. The van der Waals surface area contributed by atoms with Crippen LogP contribution >= 0.6 is 0 Å². The summed E-state index contributed by atoms with van der Waals surface area (Å²) in [5, 5.41) is 8.65. The molecule has 0 aliphatic rings. The van der Waals surface area contributed by atoms with Crippen molar-refractivity contribution in [2.45, 2.75) is 32.2 Å². The first-order chi connectivity index (χ1) is 5.95. The van der Waals surface area contributed by atoms with Gasteiger partial charge in [0.05, 0.1) is 12.1 Å². The molecule has 1 atom stereocenters. The summed E-state index contributed by atoms with van der Waals surface area (Å²) in [6, 6.07) is 0. The number of amides is 1. The Kier molecular flexibility index (Phi) is 4.95. The first-order valence-corrected chi connectivity index (χ1v) is 4.61. The van der Waals surface area contributed by atoms with E-state index < -0.39 is 5.54 Å². The number of likely N-dealkylation sites (N-methyl/N-ethyl adjacent to an activating group) is 1. The van der Waals surface area contributed by atoms with Gasteiger partial charge in [-0.2, -0.15) is 0 Å². The standard InChI is InChI=1S/C9H20N2O2/c1-4-5-9(2,10)8(13)11(3)6-7-12/h12H,4-7,10H2,1-3H3. The number of nitrogens with two attached hydrogens (primary N) is 1. The topological polar surface area (TPSA) is 66.6 Å². The number of rotatable bonds is 5. The van der Waals surface area contributed by atoms with Crippen LogP contribution in [0.3, 0.4) is 0 Å². The molecule has 1 unspecified atom stereocenters. The molecular weight excluding hydrogens is 168 g/mol. The fraction of sp³-hybridized carbons (Fsp3) is 0.889. The van der Waals surface area contributed by atoms with Gasteiger partial charge in [-0.3, -0.25) is 4.79 Å². The summed E-state index contributed by atoms with van der Waals surface area (Å²) in [4.78, 5) is 13.1. The Morgan fingerprint density at radius 3 is 2.54 bits per heavy atom. The molecule has 0 aromatic heterocycles. The van der Waals surface area contributed by atoms with Crippen LogP contribution in [0.1, 0.15) is 26.7 Å². The molecule has 0 saturated carbocycles. The number of hydrogen-bond acceptors (Lipinski definition) is 3. The molecule has 0 rings (SSSR count). The maximum Gasteiger partial charge on any atom is 0.242 e. The third-order valence-electron chi connectivity index (χ3n) is 2.04. The van der Waals surface area contributed by atoms with E-state index in [4.69, 9.17) is 10.8 Å². The lowest BCUT2D eigenvalue weighted by atomic mass is 9.96. The molecule has 0 aliphatic carbocycles. The van der Waals surface area contributed by atoms with Crippen molar-refractivity contribution in [2.75, 3.05) is 20.2 Å². The molecule has 13 heavy (non-hydrogen) atoms. The molecule has 0 bridgehead atoms. The van der Waals surface area contributed by atoms with Crippen LogP contribution in [0, 0.1) is 0 Å². The summed E-state index contributed by atoms with van der Waals surface area (Å²) in [5.41, 5.74) is 5.04. The van der Waals surface area contributed by atoms with Gasteiger partial charge < -0.3 is 15.7 Å². The summed E-state index contributed by atoms with van der Waals surface area (Å²) in [5.74, 6) is -0.108. The van der Waals surface area contributed by atoms with Gasteiger partial charge in [0.15, 0.2) is 0 Å². The second-order valence-corrected chi connectivity index (χ2v) is 3.62. The van der Waals surface area contributed by atoms with Crippen molar-refractivity contribution in [3.8, 4) is 0 Å². The van der Waals surface area contributed by atoms with E-state index in [1.54, 1.807) is 14.0 Å². The highest BCUT2D eigenvalue weighted by Gasteiger charge is 2.29. The lowest BCUT2D eigenvalue weighted by Gasteiger charge is -2.28. The fourth-order valence-corrected chi connectivity index (χ4v) is 1.31. The van der Waals surface area contributed by atoms with E-state index >= 15 is 0 Å². The molecule has 0 aromatic carbocycles. The average Bonchev–Trinajstić information content (AvgIpc) is 2.03. The third-order valence-corrected chi connectivity index (χ3v) is 2.04. The lowest BCUT2D eigenvalue weighted by Crippen LogP contribution is -2.52. The van der Waals surface area contributed by atoms with E-state index in [2.05, 4.69) is 0 Å². The Bertz CT molecular complexity index is 169. The Morgan fingerprint density at radius 1 is 1.62 bits per heavy atom. The third kappa shape index (κ3) is 3.74. The zero-order valence-corrected chi connectivity index (χ0v) is 8.71. The van der Waals surface area contributed by atoms with Crippen LogP contribution in [0.2, 0.25) is 0 Å².